The van der Waals surface area contributed by atoms with Gasteiger partial charge in [-0.1, -0.05) is 41.5 Å². The summed E-state index contributed by atoms with van der Waals surface area (Å²) < 4.78 is 34.4. The molecule has 0 bridgehead atoms. The Morgan fingerprint density at radius 2 is 0.849 bits per heavy atom. The Labute approximate surface area is 503 Å². The molecule has 18 nitrogen and oxygen atoms in total. The van der Waals surface area contributed by atoms with E-state index < -0.39 is 71.0 Å². The fraction of sp³-hybridized carbons (Fsp3) is 0.706. The van der Waals surface area contributed by atoms with E-state index in [2.05, 4.69) is 41.5 Å². The van der Waals surface area contributed by atoms with E-state index in [1.54, 1.807) is 24.3 Å². The van der Waals surface area contributed by atoms with Gasteiger partial charge < -0.3 is 28.4 Å². The molecule has 0 spiro atoms. The van der Waals surface area contributed by atoms with Crippen LogP contribution >= 0.6 is 0 Å². The molecule has 2 aromatic rings. The molecule has 0 N–H and O–H groups in total. The maximum atomic E-state index is 15.1. The van der Waals surface area contributed by atoms with Crippen molar-refractivity contribution < 1.29 is 76.4 Å². The predicted octanol–water partition coefficient (Wildman–Crippen LogP) is 9.87. The van der Waals surface area contributed by atoms with Crippen molar-refractivity contribution in [3.63, 3.8) is 0 Å². The molecule has 22 atom stereocenters. The SMILES string of the molecule is COC(=O)CC[C@@H](C)[C@H]1CC[C@H]2[C@@H]3[C@H](OC=O)C[C@@H]4C[C@H](N5C(=O)c6ccc7c8c(ccc(c68)C5=O)C(=O)N([C@@H]5CC[C@@]6(C)[C@@H](C5)C[C@@H](OC=O)[C@@H]5[C@@H]6C[C@H](OC=O)[C@]6(C)[C@@H]([C@H](C)CCC(=O)OC)CC[C@@H]56)C7=O)CC[C@]4(C)[C@H]3C[C@H](OC=O)[C@]12C. The van der Waals surface area contributed by atoms with Gasteiger partial charge in [-0.2, -0.15) is 0 Å². The highest BCUT2D eigenvalue weighted by molar-refractivity contribution is 6.33. The van der Waals surface area contributed by atoms with E-state index in [9.17, 15) is 28.8 Å². The van der Waals surface area contributed by atoms with Crippen molar-refractivity contribution in [3.05, 3.63) is 46.5 Å². The van der Waals surface area contributed by atoms with E-state index in [-0.39, 0.29) is 116 Å². The summed E-state index contributed by atoms with van der Waals surface area (Å²) in [6, 6.07) is 5.53. The van der Waals surface area contributed by atoms with Gasteiger partial charge in [-0.3, -0.25) is 57.7 Å². The number of benzene rings is 2. The number of nitrogens with zero attached hydrogens (tertiary/aromatic N) is 2. The number of amides is 4. The monoisotopic (exact) mass is 1190 g/mol. The topological polar surface area (TPSA) is 233 Å². The minimum atomic E-state index is -0.494. The molecule has 0 radical (unpaired) electrons. The Kier molecular flexibility index (Phi) is 15.7. The van der Waals surface area contributed by atoms with Crippen molar-refractivity contribution in [1.29, 1.82) is 0 Å². The molecule has 0 unspecified atom stereocenters. The van der Waals surface area contributed by atoms with Gasteiger partial charge in [0, 0.05) is 80.6 Å². The standard InChI is InChI=1S/C68H86N2O16/c1-35(9-19-55(75)81-7)45-15-17-47-59-49(29-53(85-33-73)67(45,47)5)65(3)23-21-39(25-37(65)27-51(59)83-31-71)69-61(77)41-11-13-43-58-44(14-12-42(57(41)58)62(69)78)64(80)70(63(43)79)40-22-24-66(4)38(26-40)28-52(84-32-72)60-48-18-16-46(36(2)10-20-56(76)82-8)68(48,6)54(86-34-74)30-50(60)66/h11-14,31-40,45-54,59-60H,9-10,15-30H2,1-8H3/t35-,36-,37+,38+,39-,40-,45-,46-,47+,48+,49+,50+,51-,52-,53+,54+,59+,60+,65+,66+,67-,68-/m1/s1. The molecule has 8 fully saturated rings. The summed E-state index contributed by atoms with van der Waals surface area (Å²) in [5.41, 5.74) is -0.462. The molecule has 4 amide bonds. The minimum Gasteiger partial charge on any atom is -0.469 e. The molecular formula is C68H86N2O16. The van der Waals surface area contributed by atoms with Gasteiger partial charge in [0.1, 0.15) is 24.4 Å². The zero-order chi connectivity index (χ0) is 61.1. The van der Waals surface area contributed by atoms with Crippen LogP contribution in [-0.2, 0) is 57.2 Å². The van der Waals surface area contributed by atoms with E-state index in [4.69, 9.17) is 28.4 Å². The van der Waals surface area contributed by atoms with Crippen LogP contribution in [0.2, 0.25) is 0 Å². The van der Waals surface area contributed by atoms with Crippen LogP contribution in [0.15, 0.2) is 24.3 Å². The van der Waals surface area contributed by atoms with Crippen LogP contribution in [0.5, 0.6) is 0 Å². The number of imide groups is 2. The first-order chi connectivity index (χ1) is 41.2. The molecule has 12 rings (SSSR count). The molecule has 2 aromatic carbocycles. The maximum Gasteiger partial charge on any atom is 0.305 e. The largest absolute Gasteiger partial charge is 0.469 e. The van der Waals surface area contributed by atoms with E-state index in [1.165, 1.54) is 24.0 Å². The van der Waals surface area contributed by atoms with Gasteiger partial charge in [0.25, 0.3) is 49.5 Å². The Bertz CT molecular complexity index is 2850. The lowest BCUT2D eigenvalue weighted by atomic mass is 9.42. The highest BCUT2D eigenvalue weighted by Crippen LogP contribution is 2.72. The van der Waals surface area contributed by atoms with Crippen LogP contribution in [0, 0.1) is 92.7 Å². The second-order valence-corrected chi connectivity index (χ2v) is 29.1. The number of fused-ring (bicyclic) bond motifs is 10. The summed E-state index contributed by atoms with van der Waals surface area (Å²) in [5, 5.41) is 0.613. The molecule has 0 aromatic heterocycles. The van der Waals surface area contributed by atoms with Gasteiger partial charge in [-0.05, 0) is 197 Å². The van der Waals surface area contributed by atoms with Crippen molar-refractivity contribution in [2.45, 2.75) is 194 Å². The van der Waals surface area contributed by atoms with Crippen LogP contribution in [0.3, 0.4) is 0 Å². The van der Waals surface area contributed by atoms with Crippen molar-refractivity contribution in [1.82, 2.24) is 9.80 Å². The molecule has 8 aliphatic carbocycles. The van der Waals surface area contributed by atoms with Crippen molar-refractivity contribution in [2.75, 3.05) is 14.2 Å². The number of rotatable bonds is 18. The van der Waals surface area contributed by atoms with Gasteiger partial charge >= 0.3 is 11.9 Å². The highest BCUT2D eigenvalue weighted by atomic mass is 16.5. The van der Waals surface area contributed by atoms with Crippen LogP contribution in [0.1, 0.15) is 199 Å². The number of carbonyl (C=O) groups is 10. The summed E-state index contributed by atoms with van der Waals surface area (Å²) in [4.78, 5) is 137. The first kappa shape index (κ1) is 60.1. The van der Waals surface area contributed by atoms with Crippen LogP contribution < -0.4 is 0 Å². The van der Waals surface area contributed by atoms with E-state index in [0.29, 0.717) is 127 Å². The molecular weight excluding hydrogens is 1100 g/mol. The quantitative estimate of drug-likeness (QED) is 0.0585. The fourth-order valence-electron chi connectivity index (χ4n) is 22.5. The van der Waals surface area contributed by atoms with Gasteiger partial charge in [0.15, 0.2) is 0 Å². The number of ether oxygens (including phenoxy) is 6. The Morgan fingerprint density at radius 1 is 0.500 bits per heavy atom. The van der Waals surface area contributed by atoms with Gasteiger partial charge in [-0.25, -0.2) is 0 Å². The zero-order valence-corrected chi connectivity index (χ0v) is 51.2. The number of methoxy groups -OCH3 is 2. The van der Waals surface area contributed by atoms with Crippen molar-refractivity contribution >= 4 is 72.2 Å². The molecule has 10 aliphatic rings. The summed E-state index contributed by atoms with van der Waals surface area (Å²) in [6.45, 7) is 15.5. The second-order valence-electron chi connectivity index (χ2n) is 29.1. The fourth-order valence-corrected chi connectivity index (χ4v) is 22.5. The molecule has 464 valence electrons. The predicted molar refractivity (Wildman–Crippen MR) is 309 cm³/mol. The first-order valence-electron chi connectivity index (χ1n) is 32.0. The third-order valence-electron chi connectivity index (χ3n) is 26.6. The second kappa shape index (κ2) is 22.4. The Balaban J connectivity index is 0.776. The Morgan fingerprint density at radius 3 is 1.17 bits per heavy atom. The zero-order valence-electron chi connectivity index (χ0n) is 51.2. The number of esters is 2. The smallest absolute Gasteiger partial charge is 0.305 e. The third kappa shape index (κ3) is 8.84. The van der Waals surface area contributed by atoms with Gasteiger partial charge in [-0.15, -0.1) is 0 Å². The molecule has 0 saturated heterocycles. The van der Waals surface area contributed by atoms with E-state index in [0.717, 1.165) is 25.7 Å². The highest BCUT2D eigenvalue weighted by Gasteiger charge is 2.70. The third-order valence-corrected chi connectivity index (χ3v) is 26.6. The van der Waals surface area contributed by atoms with Crippen molar-refractivity contribution in [2.24, 2.45) is 92.7 Å². The lowest BCUT2D eigenvalue weighted by Gasteiger charge is -2.64. The average Bonchev–Trinajstić information content (AvgIpc) is 1.21. The van der Waals surface area contributed by atoms with E-state index in [1.807, 2.05) is 0 Å². The van der Waals surface area contributed by atoms with Crippen LogP contribution in [-0.4, -0.2) is 122 Å². The molecule has 86 heavy (non-hydrogen) atoms. The number of carbonyl (C=O) groups excluding carboxylic acids is 10. The Hall–Kier alpha value is -6.20. The maximum absolute atomic E-state index is 15.1. The summed E-state index contributed by atoms with van der Waals surface area (Å²) in [7, 11) is 2.78. The minimum absolute atomic E-state index is 0.00738. The molecule has 18 heteroatoms. The van der Waals surface area contributed by atoms with Gasteiger partial charge in [0.05, 0.1) is 14.2 Å². The summed E-state index contributed by atoms with van der Waals surface area (Å²) in [5.74, 6) is -1.85. The lowest BCUT2D eigenvalue weighted by molar-refractivity contribution is -0.215. The number of hydrogen-bond donors (Lipinski definition) is 0. The lowest BCUT2D eigenvalue weighted by Crippen LogP contribution is -2.64. The molecule has 8 saturated carbocycles. The normalized spacial score (nSPS) is 40.7. The van der Waals surface area contributed by atoms with Gasteiger partial charge in [0.2, 0.25) is 0 Å². The van der Waals surface area contributed by atoms with E-state index >= 15 is 19.2 Å². The summed E-state index contributed by atoms with van der Waals surface area (Å²) >= 11 is 0. The van der Waals surface area contributed by atoms with Crippen molar-refractivity contribution in [3.8, 4) is 0 Å². The number of hydrogen-bond acceptors (Lipinski definition) is 16. The average molecular weight is 1190 g/mol. The molecule has 2 heterocycles. The molecule has 2 aliphatic heterocycles. The van der Waals surface area contributed by atoms with Crippen LogP contribution in [0.4, 0.5) is 0 Å². The summed E-state index contributed by atoms with van der Waals surface area (Å²) in [6.07, 6.45) is 9.26. The first-order valence-corrected chi connectivity index (χ1v) is 32.0. The van der Waals surface area contributed by atoms with Crippen LogP contribution in [0.25, 0.3) is 10.8 Å².